The SMILES string of the molecule is c1ccc2cc(-c3ccc(N(c4ccc5ccccc5c4)c4cccc5oc6c7ccccc7ccc6c45)cc3)ccc2c1. The van der Waals surface area contributed by atoms with Gasteiger partial charge in [-0.05, 0) is 86.6 Å². The van der Waals surface area contributed by atoms with Crippen molar-refractivity contribution in [3.63, 3.8) is 0 Å². The number of hydrogen-bond donors (Lipinski definition) is 0. The predicted molar refractivity (Wildman–Crippen MR) is 186 cm³/mol. The predicted octanol–water partition coefficient (Wildman–Crippen LogP) is 12.2. The molecule has 0 spiro atoms. The van der Waals surface area contributed by atoms with E-state index in [9.17, 15) is 0 Å². The minimum absolute atomic E-state index is 0.882. The van der Waals surface area contributed by atoms with Gasteiger partial charge in [-0.2, -0.15) is 0 Å². The van der Waals surface area contributed by atoms with Crippen LogP contribution in [-0.2, 0) is 0 Å². The average Bonchev–Trinajstić information content (AvgIpc) is 3.49. The number of benzene rings is 8. The van der Waals surface area contributed by atoms with Crippen molar-refractivity contribution in [3.05, 3.63) is 164 Å². The van der Waals surface area contributed by atoms with E-state index >= 15 is 0 Å². The number of furan rings is 1. The third-order valence-corrected chi connectivity index (χ3v) is 8.81. The first-order valence-electron chi connectivity index (χ1n) is 15.0. The van der Waals surface area contributed by atoms with Gasteiger partial charge >= 0.3 is 0 Å². The normalized spacial score (nSPS) is 11.6. The fourth-order valence-electron chi connectivity index (χ4n) is 6.64. The summed E-state index contributed by atoms with van der Waals surface area (Å²) in [6, 6.07) is 58.6. The lowest BCUT2D eigenvalue weighted by Crippen LogP contribution is -2.10. The van der Waals surface area contributed by atoms with Gasteiger partial charge < -0.3 is 9.32 Å². The molecule has 0 atom stereocenters. The molecule has 0 aliphatic rings. The molecule has 0 amide bonds. The van der Waals surface area contributed by atoms with Gasteiger partial charge in [-0.3, -0.25) is 0 Å². The second-order valence-electron chi connectivity index (χ2n) is 11.4. The highest BCUT2D eigenvalue weighted by Gasteiger charge is 2.20. The van der Waals surface area contributed by atoms with E-state index < -0.39 is 0 Å². The first kappa shape index (κ1) is 24.7. The Kier molecular flexibility index (Phi) is 5.54. The van der Waals surface area contributed by atoms with E-state index in [2.05, 4.69) is 169 Å². The van der Waals surface area contributed by atoms with Crippen molar-refractivity contribution in [1.29, 1.82) is 0 Å². The Hall–Kier alpha value is -5.86. The third kappa shape index (κ3) is 3.96. The molecule has 0 N–H and O–H groups in total. The summed E-state index contributed by atoms with van der Waals surface area (Å²) in [5.74, 6) is 0. The molecule has 0 saturated carbocycles. The zero-order chi connectivity index (χ0) is 29.0. The molecule has 9 rings (SSSR count). The highest BCUT2D eigenvalue weighted by atomic mass is 16.3. The molecule has 0 fully saturated rings. The van der Waals surface area contributed by atoms with Crippen LogP contribution >= 0.6 is 0 Å². The van der Waals surface area contributed by atoms with E-state index in [4.69, 9.17) is 4.42 Å². The molecule has 9 aromatic rings. The molecule has 1 heterocycles. The zero-order valence-electron chi connectivity index (χ0n) is 23.9. The number of fused-ring (bicyclic) bond motifs is 7. The van der Waals surface area contributed by atoms with Crippen molar-refractivity contribution in [2.24, 2.45) is 0 Å². The maximum atomic E-state index is 6.58. The zero-order valence-corrected chi connectivity index (χ0v) is 23.9. The molecule has 1 aromatic heterocycles. The molecule has 206 valence electrons. The molecule has 0 aliphatic heterocycles. The molecule has 44 heavy (non-hydrogen) atoms. The summed E-state index contributed by atoms with van der Waals surface area (Å²) in [6.07, 6.45) is 0. The van der Waals surface area contributed by atoms with Crippen molar-refractivity contribution >= 4 is 71.3 Å². The summed E-state index contributed by atoms with van der Waals surface area (Å²) in [5.41, 5.74) is 7.49. The van der Waals surface area contributed by atoms with Crippen LogP contribution in [0.5, 0.6) is 0 Å². The summed E-state index contributed by atoms with van der Waals surface area (Å²) in [4.78, 5) is 2.36. The van der Waals surface area contributed by atoms with Crippen LogP contribution in [0.4, 0.5) is 17.1 Å². The smallest absolute Gasteiger partial charge is 0.143 e. The number of nitrogens with zero attached hydrogens (tertiary/aromatic N) is 1. The summed E-state index contributed by atoms with van der Waals surface area (Å²) < 4.78 is 6.58. The summed E-state index contributed by atoms with van der Waals surface area (Å²) in [6.45, 7) is 0. The molecule has 8 aromatic carbocycles. The molecule has 0 aliphatic carbocycles. The van der Waals surface area contributed by atoms with E-state index in [0.29, 0.717) is 0 Å². The van der Waals surface area contributed by atoms with Gasteiger partial charge in [0.2, 0.25) is 0 Å². The minimum Gasteiger partial charge on any atom is -0.455 e. The maximum absolute atomic E-state index is 6.58. The van der Waals surface area contributed by atoms with Gasteiger partial charge in [0.25, 0.3) is 0 Å². The van der Waals surface area contributed by atoms with Crippen molar-refractivity contribution < 1.29 is 4.42 Å². The molecular weight excluding hydrogens is 534 g/mol. The summed E-state index contributed by atoms with van der Waals surface area (Å²) in [5, 5.41) is 9.47. The lowest BCUT2D eigenvalue weighted by molar-refractivity contribution is 0.672. The lowest BCUT2D eigenvalue weighted by Gasteiger charge is -2.27. The van der Waals surface area contributed by atoms with E-state index in [0.717, 1.165) is 44.4 Å². The fourth-order valence-corrected chi connectivity index (χ4v) is 6.64. The molecule has 0 bridgehead atoms. The van der Waals surface area contributed by atoms with Crippen LogP contribution in [0.25, 0.3) is 65.4 Å². The van der Waals surface area contributed by atoms with Crippen LogP contribution < -0.4 is 4.90 Å². The monoisotopic (exact) mass is 561 g/mol. The van der Waals surface area contributed by atoms with Crippen LogP contribution in [-0.4, -0.2) is 0 Å². The number of anilines is 3. The van der Waals surface area contributed by atoms with Gasteiger partial charge in [-0.25, -0.2) is 0 Å². The van der Waals surface area contributed by atoms with Crippen molar-refractivity contribution in [3.8, 4) is 11.1 Å². The molecule has 2 nitrogen and oxygen atoms in total. The average molecular weight is 562 g/mol. The number of hydrogen-bond acceptors (Lipinski definition) is 2. The van der Waals surface area contributed by atoms with Crippen LogP contribution in [0, 0.1) is 0 Å². The number of rotatable bonds is 4. The Morgan fingerprint density at radius 3 is 1.80 bits per heavy atom. The van der Waals surface area contributed by atoms with Gasteiger partial charge in [0.05, 0.1) is 11.1 Å². The highest BCUT2D eigenvalue weighted by molar-refractivity contribution is 6.19. The first-order valence-corrected chi connectivity index (χ1v) is 15.0. The second kappa shape index (κ2) is 9.86. The van der Waals surface area contributed by atoms with Gasteiger partial charge in [-0.1, -0.05) is 115 Å². The van der Waals surface area contributed by atoms with Gasteiger partial charge in [-0.15, -0.1) is 0 Å². The minimum atomic E-state index is 0.882. The van der Waals surface area contributed by atoms with Crippen molar-refractivity contribution in [2.45, 2.75) is 0 Å². The Labute approximate surface area is 255 Å². The van der Waals surface area contributed by atoms with E-state index in [1.807, 2.05) is 0 Å². The van der Waals surface area contributed by atoms with E-state index in [1.54, 1.807) is 0 Å². The van der Waals surface area contributed by atoms with Crippen LogP contribution in [0.15, 0.2) is 168 Å². The molecule has 0 radical (unpaired) electrons. The Morgan fingerprint density at radius 1 is 0.386 bits per heavy atom. The summed E-state index contributed by atoms with van der Waals surface area (Å²) in [7, 11) is 0. The van der Waals surface area contributed by atoms with Gasteiger partial charge in [0, 0.05) is 22.1 Å². The molecule has 0 unspecified atom stereocenters. The van der Waals surface area contributed by atoms with Crippen molar-refractivity contribution in [1.82, 2.24) is 0 Å². The van der Waals surface area contributed by atoms with Gasteiger partial charge in [0.15, 0.2) is 0 Å². The first-order chi connectivity index (χ1) is 21.8. The highest BCUT2D eigenvalue weighted by Crippen LogP contribution is 2.45. The van der Waals surface area contributed by atoms with Gasteiger partial charge in [0.1, 0.15) is 11.2 Å². The summed E-state index contributed by atoms with van der Waals surface area (Å²) >= 11 is 0. The lowest BCUT2D eigenvalue weighted by atomic mass is 10.0. The molecule has 2 heteroatoms. The van der Waals surface area contributed by atoms with E-state index in [-0.39, 0.29) is 0 Å². The van der Waals surface area contributed by atoms with Crippen LogP contribution in [0.2, 0.25) is 0 Å². The standard InChI is InChI=1S/C42H27NO/c1-3-11-32-26-34(17-16-28(32)8-1)30-18-22-35(23-19-30)43(36-24-20-29-9-2-4-12-33(29)27-36)39-14-7-15-40-41(39)38-25-21-31-10-5-6-13-37(31)42(38)44-40/h1-27H. The van der Waals surface area contributed by atoms with E-state index in [1.165, 1.54) is 38.1 Å². The largest absolute Gasteiger partial charge is 0.455 e. The third-order valence-electron chi connectivity index (χ3n) is 8.81. The quantitative estimate of drug-likeness (QED) is 0.212. The van der Waals surface area contributed by atoms with Crippen LogP contribution in [0.3, 0.4) is 0 Å². The topological polar surface area (TPSA) is 16.4 Å². The Morgan fingerprint density at radius 2 is 1.00 bits per heavy atom. The Balaban J connectivity index is 1.25. The molecular formula is C42H27NO. The molecule has 0 saturated heterocycles. The fraction of sp³-hybridized carbons (Fsp3) is 0. The maximum Gasteiger partial charge on any atom is 0.143 e. The van der Waals surface area contributed by atoms with Crippen LogP contribution in [0.1, 0.15) is 0 Å². The second-order valence-corrected chi connectivity index (χ2v) is 11.4. The Bertz CT molecular complexity index is 2500. The van der Waals surface area contributed by atoms with Crippen molar-refractivity contribution in [2.75, 3.05) is 4.90 Å².